The largest absolute Gasteiger partial charge is 0.322 e. The number of nitrogens with zero attached hydrogens (tertiary/aromatic N) is 1. The van der Waals surface area contributed by atoms with Gasteiger partial charge in [0.15, 0.2) is 0 Å². The number of hydrogen-bond acceptors (Lipinski definition) is 3. The molecule has 2 N–H and O–H groups in total. The molecule has 0 saturated heterocycles. The van der Waals surface area contributed by atoms with E-state index >= 15 is 0 Å². The highest BCUT2D eigenvalue weighted by Gasteiger charge is 2.19. The van der Waals surface area contributed by atoms with E-state index in [-0.39, 0.29) is 17.2 Å². The van der Waals surface area contributed by atoms with Crippen molar-refractivity contribution in [3.63, 3.8) is 0 Å². The van der Waals surface area contributed by atoms with Crippen molar-refractivity contribution in [2.24, 2.45) is 0 Å². The Morgan fingerprint density at radius 3 is 2.00 bits per heavy atom. The number of rotatable bonds is 4. The molecule has 0 aliphatic carbocycles. The van der Waals surface area contributed by atoms with Gasteiger partial charge in [-0.15, -0.1) is 0 Å². The zero-order valence-corrected chi connectivity index (χ0v) is 16.2. The van der Waals surface area contributed by atoms with Crippen LogP contribution in [0.1, 0.15) is 47.1 Å². The molecule has 3 rings (SSSR count). The van der Waals surface area contributed by atoms with Gasteiger partial charge < -0.3 is 10.6 Å². The van der Waals surface area contributed by atoms with Crippen molar-refractivity contribution in [3.8, 4) is 0 Å². The van der Waals surface area contributed by atoms with Gasteiger partial charge in [-0.2, -0.15) is 0 Å². The minimum absolute atomic E-state index is 0.112. The highest BCUT2D eigenvalue weighted by atomic mass is 16.2. The molecule has 3 aromatic rings. The molecule has 1 aromatic heterocycles. The summed E-state index contributed by atoms with van der Waals surface area (Å²) in [4.78, 5) is 29.3. The molecule has 0 fully saturated rings. The van der Waals surface area contributed by atoms with E-state index in [1.54, 1.807) is 18.2 Å². The normalized spacial score (nSPS) is 11.0. The Hall–Kier alpha value is -3.47. The average molecular weight is 373 g/mol. The van der Waals surface area contributed by atoms with Crippen LogP contribution in [0, 0.1) is 0 Å². The van der Waals surface area contributed by atoms with E-state index < -0.39 is 0 Å². The molecule has 142 valence electrons. The number of carbonyl (C=O) groups excluding carboxylic acids is 2. The summed E-state index contributed by atoms with van der Waals surface area (Å²) < 4.78 is 0. The fraction of sp³-hybridized carbons (Fsp3) is 0.174. The number of hydrogen-bond donors (Lipinski definition) is 2. The summed E-state index contributed by atoms with van der Waals surface area (Å²) in [7, 11) is 0. The van der Waals surface area contributed by atoms with Crippen LogP contribution in [0.15, 0.2) is 73.1 Å². The summed E-state index contributed by atoms with van der Waals surface area (Å²) in [6.07, 6.45) is 2.90. The van der Waals surface area contributed by atoms with Crippen LogP contribution in [0.5, 0.6) is 0 Å². The first kappa shape index (κ1) is 19.3. The highest BCUT2D eigenvalue weighted by molar-refractivity contribution is 6.08. The Labute approximate surface area is 164 Å². The Morgan fingerprint density at radius 2 is 1.36 bits per heavy atom. The lowest BCUT2D eigenvalue weighted by Gasteiger charge is -2.23. The van der Waals surface area contributed by atoms with Crippen LogP contribution < -0.4 is 10.6 Å². The quantitative estimate of drug-likeness (QED) is 0.684. The first-order valence-corrected chi connectivity index (χ1v) is 9.07. The molecule has 28 heavy (non-hydrogen) atoms. The maximum atomic E-state index is 12.7. The molecule has 0 saturated carbocycles. The molecule has 0 bridgehead atoms. The number of benzene rings is 2. The SMILES string of the molecule is CC(C)(C)c1ccccc1NC(=O)c1cncc(C(=O)Nc2ccccc2)c1. The predicted octanol–water partition coefficient (Wildman–Crippen LogP) is 4.88. The van der Waals surface area contributed by atoms with Crippen LogP contribution in [0.4, 0.5) is 11.4 Å². The fourth-order valence-electron chi connectivity index (χ4n) is 2.85. The maximum absolute atomic E-state index is 12.7. The minimum Gasteiger partial charge on any atom is -0.322 e. The number of carbonyl (C=O) groups is 2. The molecule has 0 aliphatic rings. The van der Waals surface area contributed by atoms with E-state index in [9.17, 15) is 9.59 Å². The van der Waals surface area contributed by atoms with Crippen molar-refractivity contribution in [2.45, 2.75) is 26.2 Å². The Balaban J connectivity index is 1.79. The van der Waals surface area contributed by atoms with E-state index in [0.717, 1.165) is 11.3 Å². The van der Waals surface area contributed by atoms with E-state index in [1.807, 2.05) is 42.5 Å². The van der Waals surface area contributed by atoms with Gasteiger partial charge in [0.1, 0.15) is 0 Å². The van der Waals surface area contributed by atoms with Crippen molar-refractivity contribution in [1.29, 1.82) is 0 Å². The summed E-state index contributed by atoms with van der Waals surface area (Å²) in [5.41, 5.74) is 3.00. The number of pyridine rings is 1. The van der Waals surface area contributed by atoms with Crippen LogP contribution in [0.25, 0.3) is 0 Å². The number of anilines is 2. The second-order valence-electron chi connectivity index (χ2n) is 7.53. The van der Waals surface area contributed by atoms with Gasteiger partial charge in [-0.3, -0.25) is 14.6 Å². The Kier molecular flexibility index (Phi) is 5.54. The van der Waals surface area contributed by atoms with Gasteiger partial charge in [0, 0.05) is 23.8 Å². The molecular weight excluding hydrogens is 350 g/mol. The van der Waals surface area contributed by atoms with Crippen LogP contribution in [0.3, 0.4) is 0 Å². The molecule has 0 aliphatic heterocycles. The number of aromatic nitrogens is 1. The van der Waals surface area contributed by atoms with Crippen molar-refractivity contribution >= 4 is 23.2 Å². The topological polar surface area (TPSA) is 71.1 Å². The summed E-state index contributed by atoms with van der Waals surface area (Å²) in [6, 6.07) is 18.4. The van der Waals surface area contributed by atoms with Gasteiger partial charge >= 0.3 is 0 Å². The predicted molar refractivity (Wildman–Crippen MR) is 112 cm³/mol. The molecule has 5 heteroatoms. The van der Waals surface area contributed by atoms with Gasteiger partial charge in [-0.05, 0) is 35.2 Å². The number of nitrogens with one attached hydrogen (secondary N) is 2. The second kappa shape index (κ2) is 8.05. The van der Waals surface area contributed by atoms with Gasteiger partial charge in [-0.25, -0.2) is 0 Å². The Morgan fingerprint density at radius 1 is 0.786 bits per heavy atom. The van der Waals surface area contributed by atoms with Crippen molar-refractivity contribution in [2.75, 3.05) is 10.6 Å². The standard InChI is InChI=1S/C23H23N3O2/c1-23(2,3)19-11-7-8-12-20(19)26-22(28)17-13-16(14-24-15-17)21(27)25-18-9-5-4-6-10-18/h4-15H,1-3H3,(H,25,27)(H,26,28). The molecule has 0 radical (unpaired) electrons. The Bertz CT molecular complexity index is 992. The van der Waals surface area contributed by atoms with Crippen LogP contribution >= 0.6 is 0 Å². The van der Waals surface area contributed by atoms with Crippen molar-refractivity contribution in [3.05, 3.63) is 89.7 Å². The van der Waals surface area contributed by atoms with Crippen molar-refractivity contribution < 1.29 is 9.59 Å². The average Bonchev–Trinajstić information content (AvgIpc) is 2.68. The second-order valence-corrected chi connectivity index (χ2v) is 7.53. The van der Waals surface area contributed by atoms with Gasteiger partial charge in [-0.1, -0.05) is 57.2 Å². The van der Waals surface area contributed by atoms with Gasteiger partial charge in [0.25, 0.3) is 11.8 Å². The maximum Gasteiger partial charge on any atom is 0.257 e. The van der Waals surface area contributed by atoms with Gasteiger partial charge in [0.05, 0.1) is 11.1 Å². The van der Waals surface area contributed by atoms with Crippen LogP contribution in [0.2, 0.25) is 0 Å². The summed E-state index contributed by atoms with van der Waals surface area (Å²) in [5.74, 6) is -0.623. The first-order valence-electron chi connectivity index (χ1n) is 9.07. The molecule has 1 heterocycles. The summed E-state index contributed by atoms with van der Waals surface area (Å²) >= 11 is 0. The molecule has 0 unspecified atom stereocenters. The summed E-state index contributed by atoms with van der Waals surface area (Å²) in [5, 5.41) is 5.73. The zero-order chi connectivity index (χ0) is 20.1. The van der Waals surface area contributed by atoms with Crippen LogP contribution in [-0.4, -0.2) is 16.8 Å². The van der Waals surface area contributed by atoms with Crippen LogP contribution in [-0.2, 0) is 5.41 Å². The fourth-order valence-corrected chi connectivity index (χ4v) is 2.85. The van der Waals surface area contributed by atoms with Crippen molar-refractivity contribution in [1.82, 2.24) is 4.98 Å². The van der Waals surface area contributed by atoms with Gasteiger partial charge in [0.2, 0.25) is 0 Å². The third kappa shape index (κ3) is 4.62. The summed E-state index contributed by atoms with van der Waals surface area (Å²) in [6.45, 7) is 6.27. The highest BCUT2D eigenvalue weighted by Crippen LogP contribution is 2.29. The van der Waals surface area contributed by atoms with E-state index in [1.165, 1.54) is 12.4 Å². The lowest BCUT2D eigenvalue weighted by molar-refractivity contribution is 0.102. The molecule has 0 atom stereocenters. The molecular formula is C23H23N3O2. The van der Waals surface area contributed by atoms with E-state index in [0.29, 0.717) is 16.8 Å². The molecule has 5 nitrogen and oxygen atoms in total. The third-order valence-corrected chi connectivity index (χ3v) is 4.28. The molecule has 2 amide bonds. The number of para-hydroxylation sites is 2. The monoisotopic (exact) mass is 373 g/mol. The lowest BCUT2D eigenvalue weighted by atomic mass is 9.86. The molecule has 0 spiro atoms. The first-order chi connectivity index (χ1) is 13.3. The minimum atomic E-state index is -0.316. The lowest BCUT2D eigenvalue weighted by Crippen LogP contribution is -2.19. The van der Waals surface area contributed by atoms with E-state index in [2.05, 4.69) is 36.4 Å². The third-order valence-electron chi connectivity index (χ3n) is 4.28. The zero-order valence-electron chi connectivity index (χ0n) is 16.2. The van der Waals surface area contributed by atoms with E-state index in [4.69, 9.17) is 0 Å². The number of amides is 2. The smallest absolute Gasteiger partial charge is 0.257 e. The molecule has 2 aromatic carbocycles.